The maximum Gasteiger partial charge on any atom is 0.260 e. The zero-order valence-corrected chi connectivity index (χ0v) is 13.1. The lowest BCUT2D eigenvalue weighted by atomic mass is 10.2. The molecule has 2 heterocycles. The number of amides is 1. The number of anilines is 1. The van der Waals surface area contributed by atoms with Crippen LogP contribution in [0.2, 0.25) is 0 Å². The first-order valence-electron chi connectivity index (χ1n) is 6.20. The Morgan fingerprint density at radius 2 is 2.05 bits per heavy atom. The lowest BCUT2D eigenvalue weighted by molar-refractivity contribution is 0.102. The van der Waals surface area contributed by atoms with Gasteiger partial charge in [-0.25, -0.2) is 15.0 Å². The second kappa shape index (κ2) is 5.79. The molecule has 0 aliphatic rings. The molecule has 0 fully saturated rings. The topological polar surface area (TPSA) is 67.8 Å². The summed E-state index contributed by atoms with van der Waals surface area (Å²) in [5.41, 5.74) is 2.48. The normalized spacial score (nSPS) is 10.8. The summed E-state index contributed by atoms with van der Waals surface area (Å²) in [5, 5.41) is 4.01. The van der Waals surface area contributed by atoms with E-state index in [1.807, 2.05) is 25.3 Å². The van der Waals surface area contributed by atoms with Crippen LogP contribution in [0.3, 0.4) is 0 Å². The summed E-state index contributed by atoms with van der Waals surface area (Å²) in [6, 6.07) is 6.01. The molecule has 5 nitrogen and oxygen atoms in total. The molecule has 106 valence electrons. The molecule has 0 bridgehead atoms. The van der Waals surface area contributed by atoms with Crippen molar-refractivity contribution >= 4 is 44.4 Å². The van der Waals surface area contributed by atoms with Crippen molar-refractivity contribution in [2.45, 2.75) is 12.1 Å². The molecule has 21 heavy (non-hydrogen) atoms. The minimum Gasteiger partial charge on any atom is -0.298 e. The zero-order valence-electron chi connectivity index (χ0n) is 11.5. The third-order valence-electron chi connectivity index (χ3n) is 2.84. The van der Waals surface area contributed by atoms with Crippen LogP contribution in [0.25, 0.3) is 10.2 Å². The van der Waals surface area contributed by atoms with E-state index in [1.54, 1.807) is 0 Å². The van der Waals surface area contributed by atoms with Crippen LogP contribution in [0, 0.1) is 6.92 Å². The van der Waals surface area contributed by atoms with Crippen LogP contribution in [0.1, 0.15) is 15.9 Å². The smallest absolute Gasteiger partial charge is 0.260 e. The lowest BCUT2D eigenvalue weighted by Crippen LogP contribution is -2.12. The molecule has 0 saturated carbocycles. The van der Waals surface area contributed by atoms with Gasteiger partial charge < -0.3 is 0 Å². The van der Waals surface area contributed by atoms with Crippen LogP contribution in [-0.2, 0) is 0 Å². The first-order valence-corrected chi connectivity index (χ1v) is 8.24. The average molecular weight is 316 g/mol. The number of thioether (sulfide) groups is 1. The van der Waals surface area contributed by atoms with Crippen molar-refractivity contribution in [2.75, 3.05) is 11.6 Å². The molecule has 0 saturated heterocycles. The fourth-order valence-corrected chi connectivity index (χ4v) is 3.07. The van der Waals surface area contributed by atoms with E-state index < -0.39 is 0 Å². The SMILES string of the molecule is CSc1ncc(C(=O)Nc2nc3ccc(C)cc3s2)cn1. The van der Waals surface area contributed by atoms with Crippen molar-refractivity contribution in [3.05, 3.63) is 41.7 Å². The number of aryl methyl sites for hydroxylation is 1. The lowest BCUT2D eigenvalue weighted by Gasteiger charge is -2.01. The Morgan fingerprint density at radius 3 is 2.76 bits per heavy atom. The van der Waals surface area contributed by atoms with Crippen LogP contribution >= 0.6 is 23.1 Å². The van der Waals surface area contributed by atoms with Crippen LogP contribution in [-0.4, -0.2) is 27.1 Å². The Kier molecular flexibility index (Phi) is 3.85. The molecule has 2 aromatic heterocycles. The van der Waals surface area contributed by atoms with Gasteiger partial charge in [-0.3, -0.25) is 10.1 Å². The van der Waals surface area contributed by atoms with Gasteiger partial charge >= 0.3 is 0 Å². The summed E-state index contributed by atoms with van der Waals surface area (Å²) in [6.07, 6.45) is 4.93. The van der Waals surface area contributed by atoms with Gasteiger partial charge in [0.15, 0.2) is 10.3 Å². The summed E-state index contributed by atoms with van der Waals surface area (Å²) in [6.45, 7) is 2.03. The molecule has 1 amide bonds. The molecule has 0 unspecified atom stereocenters. The standard InChI is InChI=1S/C14H12N4OS2/c1-8-3-4-10-11(5-8)21-14(17-10)18-12(19)9-6-15-13(20-2)16-7-9/h3-7H,1-2H3,(H,17,18,19). The van der Waals surface area contributed by atoms with E-state index in [0.29, 0.717) is 15.9 Å². The van der Waals surface area contributed by atoms with Gasteiger partial charge in [-0.2, -0.15) is 0 Å². The molecule has 1 aromatic carbocycles. The van der Waals surface area contributed by atoms with Gasteiger partial charge in [0.05, 0.1) is 15.8 Å². The van der Waals surface area contributed by atoms with Crippen molar-refractivity contribution < 1.29 is 4.79 Å². The molecular formula is C14H12N4OS2. The van der Waals surface area contributed by atoms with Gasteiger partial charge in [0, 0.05) is 12.4 Å². The predicted molar refractivity (Wildman–Crippen MR) is 86.1 cm³/mol. The first-order chi connectivity index (χ1) is 10.2. The quantitative estimate of drug-likeness (QED) is 0.593. The number of thiazole rings is 1. The number of nitrogens with one attached hydrogen (secondary N) is 1. The zero-order chi connectivity index (χ0) is 14.8. The van der Waals surface area contributed by atoms with Crippen molar-refractivity contribution in [2.24, 2.45) is 0 Å². The molecule has 0 aliphatic carbocycles. The van der Waals surface area contributed by atoms with Gasteiger partial charge in [-0.1, -0.05) is 29.2 Å². The molecule has 0 radical (unpaired) electrons. The van der Waals surface area contributed by atoms with Crippen LogP contribution in [0.5, 0.6) is 0 Å². The molecule has 3 rings (SSSR count). The number of carbonyl (C=O) groups is 1. The molecule has 1 N–H and O–H groups in total. The average Bonchev–Trinajstić information content (AvgIpc) is 2.88. The minimum atomic E-state index is -0.251. The van der Waals surface area contributed by atoms with E-state index in [4.69, 9.17) is 0 Å². The molecule has 0 atom stereocenters. The van der Waals surface area contributed by atoms with Crippen molar-refractivity contribution in [1.29, 1.82) is 0 Å². The number of benzene rings is 1. The largest absolute Gasteiger partial charge is 0.298 e. The summed E-state index contributed by atoms with van der Waals surface area (Å²) < 4.78 is 1.05. The van der Waals surface area contributed by atoms with E-state index in [-0.39, 0.29) is 5.91 Å². The summed E-state index contributed by atoms with van der Waals surface area (Å²) in [4.78, 5) is 24.7. The molecule has 0 aliphatic heterocycles. The highest BCUT2D eigenvalue weighted by molar-refractivity contribution is 7.98. The predicted octanol–water partition coefficient (Wildman–Crippen LogP) is 3.37. The third kappa shape index (κ3) is 3.03. The maximum absolute atomic E-state index is 12.1. The van der Waals surface area contributed by atoms with Crippen LogP contribution in [0.15, 0.2) is 35.7 Å². The van der Waals surface area contributed by atoms with Gasteiger partial charge in [0.2, 0.25) is 0 Å². The van der Waals surface area contributed by atoms with E-state index in [0.717, 1.165) is 10.2 Å². The molecular weight excluding hydrogens is 304 g/mol. The second-order valence-corrected chi connectivity index (χ2v) is 6.21. The molecule has 3 aromatic rings. The van der Waals surface area contributed by atoms with Gasteiger partial charge in [0.1, 0.15) is 0 Å². The number of fused-ring (bicyclic) bond motifs is 1. The highest BCUT2D eigenvalue weighted by atomic mass is 32.2. The number of hydrogen-bond donors (Lipinski definition) is 1. The Bertz CT molecular complexity index is 798. The summed E-state index contributed by atoms with van der Waals surface area (Å²) >= 11 is 2.89. The number of rotatable bonds is 3. The Labute approximate surface area is 129 Å². The van der Waals surface area contributed by atoms with Gasteiger partial charge in [0.25, 0.3) is 5.91 Å². The number of aromatic nitrogens is 3. The van der Waals surface area contributed by atoms with Crippen molar-refractivity contribution in [3.63, 3.8) is 0 Å². The highest BCUT2D eigenvalue weighted by Gasteiger charge is 2.11. The molecule has 0 spiro atoms. The summed E-state index contributed by atoms with van der Waals surface area (Å²) in [5.74, 6) is -0.251. The number of nitrogens with zero attached hydrogens (tertiary/aromatic N) is 3. The third-order valence-corrected chi connectivity index (χ3v) is 4.35. The van der Waals surface area contributed by atoms with E-state index in [1.165, 1.54) is 41.1 Å². The first kappa shape index (κ1) is 14.0. The van der Waals surface area contributed by atoms with Gasteiger partial charge in [-0.15, -0.1) is 0 Å². The fraction of sp³-hybridized carbons (Fsp3) is 0.143. The summed E-state index contributed by atoms with van der Waals surface area (Å²) in [7, 11) is 0. The fourth-order valence-electron chi connectivity index (χ4n) is 1.79. The van der Waals surface area contributed by atoms with E-state index >= 15 is 0 Å². The van der Waals surface area contributed by atoms with E-state index in [2.05, 4.69) is 26.3 Å². The minimum absolute atomic E-state index is 0.251. The second-order valence-electron chi connectivity index (χ2n) is 4.40. The van der Waals surface area contributed by atoms with Crippen molar-refractivity contribution in [1.82, 2.24) is 15.0 Å². The van der Waals surface area contributed by atoms with Crippen LogP contribution < -0.4 is 5.32 Å². The van der Waals surface area contributed by atoms with Gasteiger partial charge in [-0.05, 0) is 30.9 Å². The van der Waals surface area contributed by atoms with E-state index in [9.17, 15) is 4.79 Å². The Hall–Kier alpha value is -1.99. The van der Waals surface area contributed by atoms with Crippen molar-refractivity contribution in [3.8, 4) is 0 Å². The number of hydrogen-bond acceptors (Lipinski definition) is 6. The van der Waals surface area contributed by atoms with Crippen LogP contribution in [0.4, 0.5) is 5.13 Å². The Balaban J connectivity index is 1.81. The monoisotopic (exact) mass is 316 g/mol. The maximum atomic E-state index is 12.1. The highest BCUT2D eigenvalue weighted by Crippen LogP contribution is 2.26. The molecule has 7 heteroatoms. The number of carbonyl (C=O) groups excluding carboxylic acids is 1. The Morgan fingerprint density at radius 1 is 1.29 bits per heavy atom.